The quantitative estimate of drug-likeness (QED) is 0.903. The van der Waals surface area contributed by atoms with Crippen LogP contribution in [-0.4, -0.2) is 15.9 Å². The molecule has 0 bridgehead atoms. The zero-order valence-corrected chi connectivity index (χ0v) is 13.3. The van der Waals surface area contributed by atoms with Gasteiger partial charge in [0.05, 0.1) is 21.4 Å². The fraction of sp³-hybridized carbons (Fsp3) is 0.308. The molecular weight excluding hydrogens is 326 g/mol. The lowest BCUT2D eigenvalue weighted by Gasteiger charge is -2.17. The van der Waals surface area contributed by atoms with Gasteiger partial charge in [-0.2, -0.15) is 0 Å². The molecule has 4 nitrogen and oxygen atoms in total. The minimum absolute atomic E-state index is 0.140. The molecule has 0 saturated carbocycles. The standard InChI is InChI=1S/C13H14BrN3OS/c1-13(2,3)11-10(19-7-16-11)12(18)17-9-4-5-15-6-8(9)14/h4-7H,1-3H3,(H,15,17,18). The Morgan fingerprint density at radius 3 is 2.79 bits per heavy atom. The molecular formula is C13H14BrN3OS. The van der Waals surface area contributed by atoms with Crippen molar-refractivity contribution in [2.45, 2.75) is 26.2 Å². The van der Waals surface area contributed by atoms with E-state index in [0.29, 0.717) is 10.6 Å². The predicted molar refractivity (Wildman–Crippen MR) is 80.7 cm³/mol. The first kappa shape index (κ1) is 14.1. The van der Waals surface area contributed by atoms with Gasteiger partial charge in [-0.3, -0.25) is 9.78 Å². The zero-order chi connectivity index (χ0) is 14.0. The maximum atomic E-state index is 12.3. The fourth-order valence-electron chi connectivity index (χ4n) is 1.60. The Hall–Kier alpha value is -1.27. The van der Waals surface area contributed by atoms with Gasteiger partial charge in [-0.15, -0.1) is 11.3 Å². The van der Waals surface area contributed by atoms with Crippen LogP contribution in [0.2, 0.25) is 0 Å². The first-order valence-corrected chi connectivity index (χ1v) is 7.41. The molecule has 0 saturated heterocycles. The minimum Gasteiger partial charge on any atom is -0.320 e. The number of pyridine rings is 1. The molecule has 0 unspecified atom stereocenters. The molecule has 1 N–H and O–H groups in total. The molecule has 0 radical (unpaired) electrons. The third-order valence-corrected chi connectivity index (χ3v) is 3.96. The Morgan fingerprint density at radius 1 is 1.42 bits per heavy atom. The molecule has 0 aliphatic heterocycles. The smallest absolute Gasteiger partial charge is 0.267 e. The largest absolute Gasteiger partial charge is 0.320 e. The third-order valence-electron chi connectivity index (χ3n) is 2.50. The van der Waals surface area contributed by atoms with E-state index in [1.54, 1.807) is 24.0 Å². The summed E-state index contributed by atoms with van der Waals surface area (Å²) in [5.74, 6) is -0.140. The van der Waals surface area contributed by atoms with Gasteiger partial charge in [0, 0.05) is 17.8 Å². The van der Waals surface area contributed by atoms with E-state index in [4.69, 9.17) is 0 Å². The van der Waals surface area contributed by atoms with Crippen LogP contribution in [0.4, 0.5) is 5.69 Å². The number of nitrogens with zero attached hydrogens (tertiary/aromatic N) is 2. The summed E-state index contributed by atoms with van der Waals surface area (Å²) in [5, 5.41) is 2.87. The number of thiazole rings is 1. The lowest BCUT2D eigenvalue weighted by atomic mass is 9.91. The number of aromatic nitrogens is 2. The van der Waals surface area contributed by atoms with E-state index in [0.717, 1.165) is 10.2 Å². The maximum Gasteiger partial charge on any atom is 0.267 e. The van der Waals surface area contributed by atoms with Crippen molar-refractivity contribution in [1.82, 2.24) is 9.97 Å². The Kier molecular flexibility index (Phi) is 4.01. The molecule has 100 valence electrons. The third kappa shape index (κ3) is 3.19. The van der Waals surface area contributed by atoms with E-state index >= 15 is 0 Å². The van der Waals surface area contributed by atoms with E-state index in [1.165, 1.54) is 11.3 Å². The molecule has 19 heavy (non-hydrogen) atoms. The molecule has 2 aromatic heterocycles. The van der Waals surface area contributed by atoms with Crippen molar-refractivity contribution < 1.29 is 4.79 Å². The van der Waals surface area contributed by atoms with Gasteiger partial charge in [-0.1, -0.05) is 20.8 Å². The van der Waals surface area contributed by atoms with E-state index in [1.807, 2.05) is 20.8 Å². The number of anilines is 1. The fourth-order valence-corrected chi connectivity index (χ4v) is 2.84. The summed E-state index contributed by atoms with van der Waals surface area (Å²) in [4.78, 5) is 21.2. The van der Waals surface area contributed by atoms with Crippen LogP contribution in [0.3, 0.4) is 0 Å². The number of nitrogens with one attached hydrogen (secondary N) is 1. The van der Waals surface area contributed by atoms with Crippen LogP contribution in [0.25, 0.3) is 0 Å². The second-order valence-electron chi connectivity index (χ2n) is 5.09. The average Bonchev–Trinajstić information content (AvgIpc) is 2.81. The summed E-state index contributed by atoms with van der Waals surface area (Å²) >= 11 is 4.71. The van der Waals surface area contributed by atoms with Crippen LogP contribution in [0.5, 0.6) is 0 Å². The van der Waals surface area contributed by atoms with Crippen molar-refractivity contribution in [1.29, 1.82) is 0 Å². The lowest BCUT2D eigenvalue weighted by molar-refractivity contribution is 0.102. The number of rotatable bonds is 2. The van der Waals surface area contributed by atoms with Crippen molar-refractivity contribution in [3.8, 4) is 0 Å². The van der Waals surface area contributed by atoms with Gasteiger partial charge in [0.1, 0.15) is 4.88 Å². The minimum atomic E-state index is -0.151. The zero-order valence-electron chi connectivity index (χ0n) is 10.9. The van der Waals surface area contributed by atoms with E-state index in [2.05, 4.69) is 31.2 Å². The topological polar surface area (TPSA) is 54.9 Å². The van der Waals surface area contributed by atoms with E-state index < -0.39 is 0 Å². The number of carbonyl (C=O) groups excluding carboxylic acids is 1. The van der Waals surface area contributed by atoms with Crippen molar-refractivity contribution in [3.63, 3.8) is 0 Å². The SMILES string of the molecule is CC(C)(C)c1ncsc1C(=O)Nc1ccncc1Br. The molecule has 0 spiro atoms. The van der Waals surface area contributed by atoms with Crippen LogP contribution < -0.4 is 5.32 Å². The van der Waals surface area contributed by atoms with Gasteiger partial charge >= 0.3 is 0 Å². The van der Waals surface area contributed by atoms with E-state index in [9.17, 15) is 4.79 Å². The summed E-state index contributed by atoms with van der Waals surface area (Å²) in [6.07, 6.45) is 3.28. The summed E-state index contributed by atoms with van der Waals surface area (Å²) in [5.41, 5.74) is 3.08. The highest BCUT2D eigenvalue weighted by Gasteiger charge is 2.25. The normalized spacial score (nSPS) is 11.4. The van der Waals surface area contributed by atoms with Crippen molar-refractivity contribution in [3.05, 3.63) is 39.0 Å². The number of carbonyl (C=O) groups is 1. The molecule has 0 aromatic carbocycles. The Labute approximate surface area is 124 Å². The molecule has 0 aliphatic carbocycles. The second kappa shape index (κ2) is 5.38. The van der Waals surface area contributed by atoms with Gasteiger partial charge in [-0.25, -0.2) is 4.98 Å². The van der Waals surface area contributed by atoms with Crippen molar-refractivity contribution in [2.75, 3.05) is 5.32 Å². The first-order chi connectivity index (χ1) is 8.89. The second-order valence-corrected chi connectivity index (χ2v) is 6.80. The molecule has 2 aromatic rings. The summed E-state index contributed by atoms with van der Waals surface area (Å²) in [7, 11) is 0. The monoisotopic (exact) mass is 339 g/mol. The Balaban J connectivity index is 2.27. The number of hydrogen-bond acceptors (Lipinski definition) is 4. The van der Waals surface area contributed by atoms with Gasteiger partial charge in [0.15, 0.2) is 0 Å². The van der Waals surface area contributed by atoms with Crippen LogP contribution in [0, 0.1) is 0 Å². The number of amides is 1. The molecule has 0 atom stereocenters. The van der Waals surface area contributed by atoms with Crippen molar-refractivity contribution in [2.24, 2.45) is 0 Å². The van der Waals surface area contributed by atoms with Gasteiger partial charge in [0.2, 0.25) is 0 Å². The lowest BCUT2D eigenvalue weighted by Crippen LogP contribution is -2.19. The highest BCUT2D eigenvalue weighted by atomic mass is 79.9. The van der Waals surface area contributed by atoms with Crippen LogP contribution in [0.15, 0.2) is 28.4 Å². The van der Waals surface area contributed by atoms with Crippen LogP contribution in [-0.2, 0) is 5.41 Å². The van der Waals surface area contributed by atoms with Gasteiger partial charge < -0.3 is 5.32 Å². The van der Waals surface area contributed by atoms with E-state index in [-0.39, 0.29) is 11.3 Å². The van der Waals surface area contributed by atoms with Crippen LogP contribution in [0.1, 0.15) is 36.1 Å². The summed E-state index contributed by atoms with van der Waals surface area (Å²) in [6.45, 7) is 6.13. The highest BCUT2D eigenvalue weighted by Crippen LogP contribution is 2.28. The van der Waals surface area contributed by atoms with Crippen molar-refractivity contribution >= 4 is 38.9 Å². The molecule has 2 heterocycles. The Morgan fingerprint density at radius 2 is 2.16 bits per heavy atom. The van der Waals surface area contributed by atoms with Gasteiger partial charge in [0.25, 0.3) is 5.91 Å². The average molecular weight is 340 g/mol. The Bertz CT molecular complexity index is 604. The predicted octanol–water partition coefficient (Wildman–Crippen LogP) is 3.85. The molecule has 0 aliphatic rings. The number of hydrogen-bond donors (Lipinski definition) is 1. The van der Waals surface area contributed by atoms with Crippen LogP contribution >= 0.6 is 27.3 Å². The number of halogens is 1. The molecule has 2 rings (SSSR count). The molecule has 6 heteroatoms. The molecule has 1 amide bonds. The maximum absolute atomic E-state index is 12.3. The summed E-state index contributed by atoms with van der Waals surface area (Å²) < 4.78 is 0.755. The summed E-state index contributed by atoms with van der Waals surface area (Å²) in [6, 6.07) is 1.75. The first-order valence-electron chi connectivity index (χ1n) is 5.74. The van der Waals surface area contributed by atoms with Gasteiger partial charge in [-0.05, 0) is 22.0 Å². The highest BCUT2D eigenvalue weighted by molar-refractivity contribution is 9.10. The molecule has 0 fully saturated rings.